The van der Waals surface area contributed by atoms with Crippen LogP contribution in [0.3, 0.4) is 0 Å². The minimum atomic E-state index is 1.22. The van der Waals surface area contributed by atoms with Crippen molar-refractivity contribution in [3.8, 4) is 0 Å². The fourth-order valence-electron chi connectivity index (χ4n) is 15.2. The van der Waals surface area contributed by atoms with Crippen LogP contribution < -0.4 is 0 Å². The zero-order chi connectivity index (χ0) is 69.8. The molecule has 12 aromatic rings. The normalized spacial score (nSPS) is 11.7. The Kier molecular flexibility index (Phi) is 29.8. The molecule has 0 N–H and O–H groups in total. The molecule has 0 fully saturated rings. The molecule has 0 nitrogen and oxygen atoms in total. The third-order valence-corrected chi connectivity index (χ3v) is 27.9. The van der Waals surface area contributed by atoms with Crippen molar-refractivity contribution >= 4 is 126 Å². The molecular formula is C94H124S4. The molecule has 0 saturated carbocycles. The van der Waals surface area contributed by atoms with Crippen LogP contribution in [0.2, 0.25) is 0 Å². The fraction of sp³-hybridized carbons (Fsp3) is 0.489. The molecule has 12 rings (SSSR count). The van der Waals surface area contributed by atoms with Gasteiger partial charge in [0.1, 0.15) is 0 Å². The van der Waals surface area contributed by atoms with E-state index in [0.717, 1.165) is 0 Å². The van der Waals surface area contributed by atoms with E-state index in [9.17, 15) is 0 Å². The van der Waals surface area contributed by atoms with Gasteiger partial charge in [0.15, 0.2) is 0 Å². The van der Waals surface area contributed by atoms with Crippen LogP contribution in [0.25, 0.3) is 80.7 Å². The molecule has 0 bridgehead atoms. The second-order valence-corrected chi connectivity index (χ2v) is 33.3. The molecule has 0 spiro atoms. The maximum atomic E-state index is 2.39. The summed E-state index contributed by atoms with van der Waals surface area (Å²) in [6.45, 7) is 36.8. The SMILES string of the molecule is CCCCCCCc1ccc2c(sc3c(C)c(CCCC)ccc32)c1C.CCCCCCc1ccc2c(sc3c(C)c(CCCC)ccc32)c1C.CCCCCc1ccc2c(sc3c(C)c(CCCC)ccc32)c1C.CCCCc1ccc2c(sc3c(C)c(CCCC)ccc32)c1C. The summed E-state index contributed by atoms with van der Waals surface area (Å²) in [7, 11) is 0. The van der Waals surface area contributed by atoms with Gasteiger partial charge in [0.05, 0.1) is 0 Å². The Morgan fingerprint density at radius 3 is 0.469 bits per heavy atom. The van der Waals surface area contributed by atoms with Crippen molar-refractivity contribution in [3.05, 3.63) is 186 Å². The van der Waals surface area contributed by atoms with Crippen LogP contribution in [0, 0.1) is 55.4 Å². The van der Waals surface area contributed by atoms with Gasteiger partial charge in [-0.3, -0.25) is 0 Å². The molecule has 0 aliphatic heterocycles. The number of aryl methyl sites for hydroxylation is 16. The molecular weight excluding hydrogens is 1260 g/mol. The molecule has 4 aromatic heterocycles. The number of unbranched alkanes of at least 4 members (excludes halogenated alkanes) is 14. The number of fused-ring (bicyclic) bond motifs is 12. The average molecular weight is 1380 g/mol. The predicted octanol–water partition coefficient (Wildman–Crippen LogP) is 31.8. The Hall–Kier alpha value is -5.36. The van der Waals surface area contributed by atoms with E-state index in [0.29, 0.717) is 0 Å². The third kappa shape index (κ3) is 18.1. The van der Waals surface area contributed by atoms with Gasteiger partial charge in [-0.05, 0) is 247 Å². The highest BCUT2D eigenvalue weighted by Gasteiger charge is 2.19. The number of benzene rings is 8. The van der Waals surface area contributed by atoms with Crippen molar-refractivity contribution in [2.45, 2.75) is 303 Å². The van der Waals surface area contributed by atoms with Gasteiger partial charge < -0.3 is 0 Å². The van der Waals surface area contributed by atoms with Gasteiger partial charge >= 0.3 is 0 Å². The summed E-state index contributed by atoms with van der Waals surface area (Å²) in [4.78, 5) is 0. The highest BCUT2D eigenvalue weighted by molar-refractivity contribution is 7.27. The van der Waals surface area contributed by atoms with E-state index in [1.54, 1.807) is 27.8 Å². The zero-order valence-electron chi connectivity index (χ0n) is 64.1. The van der Waals surface area contributed by atoms with Crippen molar-refractivity contribution in [2.75, 3.05) is 0 Å². The molecule has 0 radical (unpaired) electrons. The van der Waals surface area contributed by atoms with E-state index in [1.807, 2.05) is 45.3 Å². The Balaban J connectivity index is 0.000000153. The van der Waals surface area contributed by atoms with Gasteiger partial charge in [-0.25, -0.2) is 0 Å². The van der Waals surface area contributed by atoms with E-state index < -0.39 is 0 Å². The van der Waals surface area contributed by atoms with E-state index in [4.69, 9.17) is 0 Å². The lowest BCUT2D eigenvalue weighted by molar-refractivity contribution is 0.632. The van der Waals surface area contributed by atoms with Crippen molar-refractivity contribution < 1.29 is 0 Å². The first-order chi connectivity index (χ1) is 47.7. The summed E-state index contributed by atoms with van der Waals surface area (Å²) in [6.07, 6.45) is 38.7. The van der Waals surface area contributed by atoms with E-state index in [2.05, 4.69) is 208 Å². The Bertz CT molecular complexity index is 4470. The second kappa shape index (κ2) is 38.1. The first-order valence-corrected chi connectivity index (χ1v) is 42.7. The molecule has 0 amide bonds. The van der Waals surface area contributed by atoms with Crippen LogP contribution in [-0.4, -0.2) is 0 Å². The fourth-order valence-corrected chi connectivity index (χ4v) is 20.6. The first kappa shape index (κ1) is 76.8. The quantitative estimate of drug-likeness (QED) is 0.0394. The van der Waals surface area contributed by atoms with E-state index in [1.165, 1.54) is 335 Å². The third-order valence-electron chi connectivity index (χ3n) is 22.0. The van der Waals surface area contributed by atoms with Crippen LogP contribution in [0.4, 0.5) is 0 Å². The molecule has 98 heavy (non-hydrogen) atoms. The average Bonchev–Trinajstić information content (AvgIpc) is 1.64. The van der Waals surface area contributed by atoms with Crippen molar-refractivity contribution in [2.24, 2.45) is 0 Å². The molecule has 0 aliphatic carbocycles. The summed E-state index contributed by atoms with van der Waals surface area (Å²) < 4.78 is 12.1. The van der Waals surface area contributed by atoms with Crippen molar-refractivity contribution in [3.63, 3.8) is 0 Å². The lowest BCUT2D eigenvalue weighted by Crippen LogP contribution is -1.90. The topological polar surface area (TPSA) is 0 Å². The Labute approximate surface area is 610 Å². The van der Waals surface area contributed by atoms with Crippen molar-refractivity contribution in [1.29, 1.82) is 0 Å². The Morgan fingerprint density at radius 1 is 0.163 bits per heavy atom. The zero-order valence-corrected chi connectivity index (χ0v) is 67.3. The van der Waals surface area contributed by atoms with Gasteiger partial charge in [-0.1, -0.05) is 242 Å². The van der Waals surface area contributed by atoms with Gasteiger partial charge in [0.25, 0.3) is 0 Å². The number of hydrogen-bond acceptors (Lipinski definition) is 4. The highest BCUT2D eigenvalue weighted by atomic mass is 32.1. The number of rotatable bonds is 30. The molecule has 0 unspecified atom stereocenters. The monoisotopic (exact) mass is 1380 g/mol. The van der Waals surface area contributed by atoms with Gasteiger partial charge in [0.2, 0.25) is 0 Å². The van der Waals surface area contributed by atoms with E-state index in [-0.39, 0.29) is 0 Å². The summed E-state index contributed by atoms with van der Waals surface area (Å²) in [5.74, 6) is 0. The van der Waals surface area contributed by atoms with Crippen LogP contribution in [0.1, 0.15) is 286 Å². The van der Waals surface area contributed by atoms with E-state index >= 15 is 0 Å². The summed E-state index contributed by atoms with van der Waals surface area (Å²) in [6, 6.07) is 37.9. The predicted molar refractivity (Wildman–Crippen MR) is 452 cm³/mol. The van der Waals surface area contributed by atoms with Crippen molar-refractivity contribution in [1.82, 2.24) is 0 Å². The van der Waals surface area contributed by atoms with Crippen LogP contribution in [-0.2, 0) is 51.4 Å². The van der Waals surface area contributed by atoms with Gasteiger partial charge in [0, 0.05) is 80.7 Å². The molecule has 524 valence electrons. The summed E-state index contributed by atoms with van der Waals surface area (Å²) >= 11 is 8.07. The second-order valence-electron chi connectivity index (χ2n) is 29.2. The molecule has 4 heterocycles. The molecule has 4 heteroatoms. The summed E-state index contributed by atoms with van der Waals surface area (Å²) in [5.41, 5.74) is 24.5. The minimum absolute atomic E-state index is 1.22. The van der Waals surface area contributed by atoms with Crippen LogP contribution in [0.5, 0.6) is 0 Å². The van der Waals surface area contributed by atoms with Crippen LogP contribution in [0.15, 0.2) is 97.1 Å². The number of thiophene rings is 4. The minimum Gasteiger partial charge on any atom is -0.135 e. The standard InChI is InChI=1S/C25H34S.C24H32S.C23H30S.C22H28S/c1-5-7-9-10-11-13-21-15-17-23-22-16-14-20(12-8-6-2)18(3)24(22)26-25(23)19(21)4;1-5-7-9-10-12-20-14-16-22-21-15-13-19(11-8-6-2)17(3)23(21)25-24(22)18(20)4;1-5-7-9-11-19-13-15-21-20-14-12-18(10-8-6-2)16(3)22(20)24-23(21)17(19)4;1-5-7-9-17-11-13-19-20-14-12-18(10-8-6-2)16(4)22(20)23-21(19)15(17)3/h14-17H,5-13H2,1-4H3;13-16H,5-12H2,1-4H3;12-15H,5-11H2,1-4H3;11-14H,5-10H2,1-4H3. The van der Waals surface area contributed by atoms with Gasteiger partial charge in [-0.2, -0.15) is 0 Å². The number of hydrogen-bond donors (Lipinski definition) is 0. The highest BCUT2D eigenvalue weighted by Crippen LogP contribution is 2.45. The maximum absolute atomic E-state index is 2.39. The van der Waals surface area contributed by atoms with Gasteiger partial charge in [-0.15, -0.1) is 45.3 Å². The largest absolute Gasteiger partial charge is 0.135 e. The lowest BCUT2D eigenvalue weighted by Gasteiger charge is -2.07. The maximum Gasteiger partial charge on any atom is 0.0387 e. The molecule has 8 aromatic carbocycles. The van der Waals surface area contributed by atoms with Crippen LogP contribution >= 0.6 is 45.3 Å². The summed E-state index contributed by atoms with van der Waals surface area (Å²) in [5, 5.41) is 11.6. The molecule has 0 aliphatic rings. The first-order valence-electron chi connectivity index (χ1n) is 39.4. The smallest absolute Gasteiger partial charge is 0.0387 e. The Morgan fingerprint density at radius 2 is 0.296 bits per heavy atom. The molecule has 0 atom stereocenters. The molecule has 0 saturated heterocycles. The lowest BCUT2D eigenvalue weighted by atomic mass is 9.97.